The lowest BCUT2D eigenvalue weighted by atomic mass is 9.68. The Labute approximate surface area is 184 Å². The molecule has 0 saturated heterocycles. The highest BCUT2D eigenvalue weighted by atomic mass is 35.5. The van der Waals surface area contributed by atoms with Crippen LogP contribution in [0.15, 0.2) is 53.4 Å². The molecule has 1 amide bonds. The zero-order chi connectivity index (χ0) is 21.9. The van der Waals surface area contributed by atoms with E-state index in [1.165, 1.54) is 11.8 Å². The normalized spacial score (nSPS) is 21.9. The molecule has 2 aromatic rings. The van der Waals surface area contributed by atoms with Crippen LogP contribution in [0.1, 0.15) is 43.7 Å². The number of rotatable bonds is 6. The average molecular weight is 449 g/mol. The molecule has 2 aromatic carbocycles. The number of amides is 1. The summed E-state index contributed by atoms with van der Waals surface area (Å²) >= 11 is 6.20. The van der Waals surface area contributed by atoms with Crippen LogP contribution in [0.5, 0.6) is 0 Å². The maximum absolute atomic E-state index is 12.4. The minimum atomic E-state index is -3.23. The summed E-state index contributed by atoms with van der Waals surface area (Å²) in [6, 6.07) is 14.8. The highest BCUT2D eigenvalue weighted by molar-refractivity contribution is 7.90. The van der Waals surface area contributed by atoms with Gasteiger partial charge in [-0.05, 0) is 61.1 Å². The first-order chi connectivity index (χ1) is 14.1. The number of carbonyl (C=O) groups excluding carboxylic acids is 1. The molecule has 0 aromatic heterocycles. The van der Waals surface area contributed by atoms with Crippen LogP contribution in [0.2, 0.25) is 5.02 Å². The summed E-state index contributed by atoms with van der Waals surface area (Å²) in [7, 11) is -3.23. The van der Waals surface area contributed by atoms with Crippen LogP contribution < -0.4 is 5.73 Å². The van der Waals surface area contributed by atoms with E-state index in [2.05, 4.69) is 6.07 Å². The molecule has 0 unspecified atom stereocenters. The van der Waals surface area contributed by atoms with Crippen LogP contribution in [-0.2, 0) is 26.6 Å². The molecule has 0 radical (unpaired) electrons. The monoisotopic (exact) mass is 448 g/mol. The maximum Gasteiger partial charge on any atom is 0.219 e. The van der Waals surface area contributed by atoms with Crippen molar-refractivity contribution in [2.24, 2.45) is 5.73 Å². The number of carbonyl (C=O) groups is 1. The lowest BCUT2D eigenvalue weighted by Crippen LogP contribution is -2.46. The fraction of sp³-hybridized carbons (Fsp3) is 0.435. The van der Waals surface area contributed by atoms with Gasteiger partial charge in [-0.1, -0.05) is 35.9 Å². The zero-order valence-electron chi connectivity index (χ0n) is 17.5. The van der Waals surface area contributed by atoms with Crippen molar-refractivity contribution in [2.75, 3.05) is 12.8 Å². The summed E-state index contributed by atoms with van der Waals surface area (Å²) in [4.78, 5) is 14.6. The van der Waals surface area contributed by atoms with Crippen LogP contribution in [0.3, 0.4) is 0 Å². The molecule has 2 N–H and O–H groups in total. The highest BCUT2D eigenvalue weighted by Crippen LogP contribution is 2.41. The lowest BCUT2D eigenvalue weighted by Gasteiger charge is -2.43. The first-order valence-electron chi connectivity index (χ1n) is 10.2. The molecule has 3 rings (SSSR count). The van der Waals surface area contributed by atoms with Gasteiger partial charge in [-0.2, -0.15) is 0 Å². The Kier molecular flexibility index (Phi) is 6.90. The lowest BCUT2D eigenvalue weighted by molar-refractivity contribution is -0.132. The van der Waals surface area contributed by atoms with Crippen molar-refractivity contribution < 1.29 is 13.2 Å². The van der Waals surface area contributed by atoms with Crippen molar-refractivity contribution in [3.8, 4) is 0 Å². The number of sulfone groups is 1. The molecule has 1 aliphatic carbocycles. The second-order valence-corrected chi connectivity index (χ2v) is 10.7. The third-order valence-corrected chi connectivity index (χ3v) is 7.65. The van der Waals surface area contributed by atoms with Gasteiger partial charge in [0, 0.05) is 42.7 Å². The summed E-state index contributed by atoms with van der Waals surface area (Å²) in [5, 5.41) is 0.713. The molecule has 0 bridgehead atoms. The Balaban J connectivity index is 1.73. The van der Waals surface area contributed by atoms with Crippen molar-refractivity contribution in [1.82, 2.24) is 4.90 Å². The maximum atomic E-state index is 12.4. The SMILES string of the molecule is CC(=O)N(Cc1ccc(S(C)(=O)=O)cc1)C1CCC(CN)(c2cccc(Cl)c2)CC1. The van der Waals surface area contributed by atoms with Crippen LogP contribution in [0.4, 0.5) is 0 Å². The van der Waals surface area contributed by atoms with Gasteiger partial charge >= 0.3 is 0 Å². The minimum Gasteiger partial charge on any atom is -0.336 e. The van der Waals surface area contributed by atoms with Gasteiger partial charge in [-0.3, -0.25) is 4.79 Å². The van der Waals surface area contributed by atoms with Crippen molar-refractivity contribution in [1.29, 1.82) is 0 Å². The van der Waals surface area contributed by atoms with Crippen molar-refractivity contribution in [2.45, 2.75) is 55.5 Å². The number of benzene rings is 2. The zero-order valence-corrected chi connectivity index (χ0v) is 19.0. The molecule has 0 heterocycles. The van der Waals surface area contributed by atoms with Gasteiger partial charge in [-0.25, -0.2) is 8.42 Å². The molecule has 1 aliphatic rings. The number of nitrogens with two attached hydrogens (primary N) is 1. The van der Waals surface area contributed by atoms with E-state index < -0.39 is 9.84 Å². The molecule has 162 valence electrons. The smallest absolute Gasteiger partial charge is 0.219 e. The fourth-order valence-corrected chi connectivity index (χ4v) is 5.25. The standard InChI is InChI=1S/C23H29ClN2O3S/c1-17(27)26(15-18-6-8-22(9-7-18)30(2,28)29)21-10-12-23(16-25,13-11-21)19-4-3-5-20(24)14-19/h3-9,14,21H,10-13,15-16,25H2,1-2H3. The predicted molar refractivity (Wildman–Crippen MR) is 120 cm³/mol. The molecule has 1 saturated carbocycles. The molecule has 0 aliphatic heterocycles. The number of halogens is 1. The third-order valence-electron chi connectivity index (χ3n) is 6.29. The van der Waals surface area contributed by atoms with Gasteiger partial charge in [-0.15, -0.1) is 0 Å². The van der Waals surface area contributed by atoms with Crippen molar-refractivity contribution in [3.63, 3.8) is 0 Å². The first-order valence-corrected chi connectivity index (χ1v) is 12.4. The van der Waals surface area contributed by atoms with Gasteiger partial charge in [0.05, 0.1) is 4.90 Å². The molecular weight excluding hydrogens is 420 g/mol. The van der Waals surface area contributed by atoms with E-state index in [0.717, 1.165) is 31.2 Å². The predicted octanol–water partition coefficient (Wildman–Crippen LogP) is 3.93. The summed E-state index contributed by atoms with van der Waals surface area (Å²) in [5.41, 5.74) is 8.18. The van der Waals surface area contributed by atoms with Gasteiger partial charge < -0.3 is 10.6 Å². The Morgan fingerprint density at radius 1 is 1.17 bits per heavy atom. The van der Waals surface area contributed by atoms with E-state index in [1.54, 1.807) is 31.2 Å². The van der Waals surface area contributed by atoms with Crippen molar-refractivity contribution in [3.05, 3.63) is 64.7 Å². The largest absolute Gasteiger partial charge is 0.336 e. The topological polar surface area (TPSA) is 80.5 Å². The van der Waals surface area contributed by atoms with E-state index >= 15 is 0 Å². The summed E-state index contributed by atoms with van der Waals surface area (Å²) in [6.07, 6.45) is 4.71. The van der Waals surface area contributed by atoms with Crippen LogP contribution in [0, 0.1) is 0 Å². The molecule has 5 nitrogen and oxygen atoms in total. The molecule has 1 fully saturated rings. The summed E-state index contributed by atoms with van der Waals surface area (Å²) in [6.45, 7) is 2.61. The Hall–Kier alpha value is -1.89. The number of hydrogen-bond donors (Lipinski definition) is 1. The highest BCUT2D eigenvalue weighted by Gasteiger charge is 2.38. The average Bonchev–Trinajstić information content (AvgIpc) is 2.72. The summed E-state index contributed by atoms with van der Waals surface area (Å²) < 4.78 is 23.3. The molecule has 0 spiro atoms. The number of nitrogens with zero attached hydrogens (tertiary/aromatic N) is 1. The van der Waals surface area contributed by atoms with E-state index in [4.69, 9.17) is 17.3 Å². The Morgan fingerprint density at radius 2 is 1.80 bits per heavy atom. The van der Waals surface area contributed by atoms with Crippen LogP contribution >= 0.6 is 11.6 Å². The molecule has 7 heteroatoms. The second-order valence-electron chi connectivity index (χ2n) is 8.29. The summed E-state index contributed by atoms with van der Waals surface area (Å²) in [5.74, 6) is 0.0233. The third kappa shape index (κ3) is 5.05. The molecule has 30 heavy (non-hydrogen) atoms. The number of hydrogen-bond acceptors (Lipinski definition) is 4. The molecule has 0 atom stereocenters. The van der Waals surface area contributed by atoms with E-state index in [1.807, 2.05) is 23.1 Å². The Morgan fingerprint density at radius 3 is 2.30 bits per heavy atom. The van der Waals surface area contributed by atoms with Gasteiger partial charge in [0.15, 0.2) is 9.84 Å². The van der Waals surface area contributed by atoms with E-state index in [-0.39, 0.29) is 22.3 Å². The van der Waals surface area contributed by atoms with Gasteiger partial charge in [0.1, 0.15) is 0 Å². The molecular formula is C23H29ClN2O3S. The quantitative estimate of drug-likeness (QED) is 0.725. The Bertz CT molecular complexity index is 997. The van der Waals surface area contributed by atoms with Crippen LogP contribution in [-0.4, -0.2) is 38.1 Å². The van der Waals surface area contributed by atoms with Gasteiger partial charge in [0.2, 0.25) is 5.91 Å². The fourth-order valence-electron chi connectivity index (χ4n) is 4.43. The van der Waals surface area contributed by atoms with Crippen molar-refractivity contribution >= 4 is 27.3 Å². The van der Waals surface area contributed by atoms with Gasteiger partial charge in [0.25, 0.3) is 0 Å². The first kappa shape index (κ1) is 22.8. The van der Waals surface area contributed by atoms with Crippen LogP contribution in [0.25, 0.3) is 0 Å². The minimum absolute atomic E-state index is 0.0233. The van der Waals surface area contributed by atoms with E-state index in [0.29, 0.717) is 18.1 Å². The second kappa shape index (κ2) is 9.08. The van der Waals surface area contributed by atoms with E-state index in [9.17, 15) is 13.2 Å².